The zero-order valence-corrected chi connectivity index (χ0v) is 10.4. The molecule has 2 nitrogen and oxygen atoms in total. The second-order valence-electron chi connectivity index (χ2n) is 4.21. The van der Waals surface area contributed by atoms with Crippen molar-refractivity contribution >= 4 is 17.5 Å². The van der Waals surface area contributed by atoms with E-state index in [1.54, 1.807) is 0 Å². The minimum atomic E-state index is 0.116. The van der Waals surface area contributed by atoms with Crippen molar-refractivity contribution < 1.29 is 4.79 Å². The van der Waals surface area contributed by atoms with Gasteiger partial charge in [0.05, 0.1) is 6.04 Å². The van der Waals surface area contributed by atoms with Crippen LogP contribution in [0.5, 0.6) is 0 Å². The molecule has 0 saturated carbocycles. The monoisotopic (exact) mass is 215 g/mol. The third kappa shape index (κ3) is 2.99. The van der Waals surface area contributed by atoms with E-state index in [2.05, 4.69) is 18.7 Å². The van der Waals surface area contributed by atoms with Crippen molar-refractivity contribution in [3.8, 4) is 0 Å². The molecule has 14 heavy (non-hydrogen) atoms. The first kappa shape index (κ1) is 12.1. The van der Waals surface area contributed by atoms with Gasteiger partial charge in [-0.25, -0.2) is 0 Å². The van der Waals surface area contributed by atoms with Crippen molar-refractivity contribution in [2.75, 3.05) is 13.1 Å². The Bertz CT molecular complexity index is 197. The zero-order valence-electron chi connectivity index (χ0n) is 9.62. The molecular weight excluding hydrogens is 194 g/mol. The molecule has 0 amide bonds. The Morgan fingerprint density at radius 3 is 2.36 bits per heavy atom. The fraction of sp³-hybridized carbons (Fsp3) is 0.909. The van der Waals surface area contributed by atoms with E-state index in [4.69, 9.17) is 0 Å². The van der Waals surface area contributed by atoms with Crippen LogP contribution < -0.4 is 0 Å². The molecule has 0 bridgehead atoms. The summed E-state index contributed by atoms with van der Waals surface area (Å²) < 4.78 is 0. The van der Waals surface area contributed by atoms with Crippen molar-refractivity contribution in [1.29, 1.82) is 0 Å². The van der Waals surface area contributed by atoms with Crippen molar-refractivity contribution in [1.82, 2.24) is 4.90 Å². The first-order valence-corrected chi connectivity index (χ1v) is 6.41. The molecule has 0 spiro atoms. The summed E-state index contributed by atoms with van der Waals surface area (Å²) in [6.45, 7) is 10.6. The smallest absolute Gasteiger partial charge is 0.149 e. The molecule has 3 heteroatoms. The first-order chi connectivity index (χ1) is 6.54. The maximum absolute atomic E-state index is 11.6. The molecule has 3 atom stereocenters. The van der Waals surface area contributed by atoms with Crippen molar-refractivity contribution in [2.24, 2.45) is 0 Å². The Labute approximate surface area is 91.4 Å². The van der Waals surface area contributed by atoms with Gasteiger partial charge >= 0.3 is 0 Å². The molecule has 1 aliphatic heterocycles. The van der Waals surface area contributed by atoms with Crippen LogP contribution in [-0.4, -0.2) is 40.3 Å². The highest BCUT2D eigenvalue weighted by atomic mass is 32.2. The molecule has 3 unspecified atom stereocenters. The predicted molar refractivity (Wildman–Crippen MR) is 62.8 cm³/mol. The van der Waals surface area contributed by atoms with Gasteiger partial charge in [-0.1, -0.05) is 20.8 Å². The summed E-state index contributed by atoms with van der Waals surface area (Å²) in [6.07, 6.45) is 0.660. The van der Waals surface area contributed by atoms with Gasteiger partial charge < -0.3 is 0 Å². The molecule has 1 aliphatic rings. The Balaban J connectivity index is 2.54. The minimum Gasteiger partial charge on any atom is -0.298 e. The maximum atomic E-state index is 11.6. The Kier molecular flexibility index (Phi) is 4.45. The molecule has 0 aromatic rings. The molecule has 0 N–H and O–H groups in total. The summed E-state index contributed by atoms with van der Waals surface area (Å²) in [5.74, 6) is 0.372. The second kappa shape index (κ2) is 5.17. The molecule has 0 radical (unpaired) electrons. The zero-order chi connectivity index (χ0) is 10.7. The second-order valence-corrected chi connectivity index (χ2v) is 6.09. The summed E-state index contributed by atoms with van der Waals surface area (Å²) in [5.41, 5.74) is 0. The highest BCUT2D eigenvalue weighted by Gasteiger charge is 2.28. The van der Waals surface area contributed by atoms with Crippen LogP contribution in [0.15, 0.2) is 0 Å². The van der Waals surface area contributed by atoms with Gasteiger partial charge in [0.2, 0.25) is 0 Å². The average molecular weight is 215 g/mol. The van der Waals surface area contributed by atoms with Crippen LogP contribution in [0.2, 0.25) is 0 Å². The Morgan fingerprint density at radius 2 is 1.93 bits per heavy atom. The molecule has 1 saturated heterocycles. The summed E-state index contributed by atoms with van der Waals surface area (Å²) in [6, 6.07) is 0.116. The number of Topliss-reactive ketones (excluding diaryl/α,β-unsaturated/α-hetero) is 1. The molecule has 1 heterocycles. The van der Waals surface area contributed by atoms with E-state index in [-0.39, 0.29) is 6.04 Å². The molecular formula is C11H21NOS. The van der Waals surface area contributed by atoms with Gasteiger partial charge in [0.1, 0.15) is 5.78 Å². The standard InChI is InChI=1S/C11H21NOS/c1-5-11(13)10(4)12-6-8(2)14-9(3)7-12/h8-10H,5-7H2,1-4H3. The Morgan fingerprint density at radius 1 is 1.43 bits per heavy atom. The van der Waals surface area contributed by atoms with Crippen LogP contribution in [0.3, 0.4) is 0 Å². The number of nitrogens with zero attached hydrogens (tertiary/aromatic N) is 1. The summed E-state index contributed by atoms with van der Waals surface area (Å²) in [7, 11) is 0. The van der Waals surface area contributed by atoms with E-state index < -0.39 is 0 Å². The van der Waals surface area contributed by atoms with Gasteiger partial charge in [0.15, 0.2) is 0 Å². The van der Waals surface area contributed by atoms with Gasteiger partial charge in [0, 0.05) is 30.0 Å². The third-order valence-electron chi connectivity index (χ3n) is 2.81. The first-order valence-electron chi connectivity index (χ1n) is 5.46. The van der Waals surface area contributed by atoms with E-state index in [9.17, 15) is 4.79 Å². The van der Waals surface area contributed by atoms with Gasteiger partial charge in [-0.15, -0.1) is 0 Å². The topological polar surface area (TPSA) is 20.3 Å². The lowest BCUT2D eigenvalue weighted by Gasteiger charge is -2.37. The fourth-order valence-corrected chi connectivity index (χ4v) is 3.38. The van der Waals surface area contributed by atoms with E-state index in [1.807, 2.05) is 25.6 Å². The van der Waals surface area contributed by atoms with Gasteiger partial charge in [0.25, 0.3) is 0 Å². The average Bonchev–Trinajstić information content (AvgIpc) is 2.14. The number of hydrogen-bond acceptors (Lipinski definition) is 3. The minimum absolute atomic E-state index is 0.116. The van der Waals surface area contributed by atoms with Crippen LogP contribution in [0, 0.1) is 0 Å². The molecule has 0 aromatic heterocycles. The van der Waals surface area contributed by atoms with E-state index >= 15 is 0 Å². The molecule has 0 aromatic carbocycles. The van der Waals surface area contributed by atoms with Gasteiger partial charge in [-0.2, -0.15) is 11.8 Å². The molecule has 1 rings (SSSR count). The number of carbonyl (C=O) groups excluding carboxylic acids is 1. The van der Waals surface area contributed by atoms with E-state index in [1.165, 1.54) is 0 Å². The van der Waals surface area contributed by atoms with Crippen molar-refractivity contribution in [3.63, 3.8) is 0 Å². The number of carbonyl (C=O) groups is 1. The maximum Gasteiger partial charge on any atom is 0.149 e. The van der Waals surface area contributed by atoms with Crippen molar-refractivity contribution in [3.05, 3.63) is 0 Å². The van der Waals surface area contributed by atoms with Crippen LogP contribution >= 0.6 is 11.8 Å². The van der Waals surface area contributed by atoms with Crippen LogP contribution in [0.1, 0.15) is 34.1 Å². The lowest BCUT2D eigenvalue weighted by Crippen LogP contribution is -2.48. The van der Waals surface area contributed by atoms with E-state index in [0.29, 0.717) is 22.7 Å². The predicted octanol–water partition coefficient (Wildman–Crippen LogP) is 2.18. The van der Waals surface area contributed by atoms with Gasteiger partial charge in [-0.3, -0.25) is 9.69 Å². The lowest BCUT2D eigenvalue weighted by molar-refractivity contribution is -0.123. The number of rotatable bonds is 3. The quantitative estimate of drug-likeness (QED) is 0.720. The highest BCUT2D eigenvalue weighted by molar-refractivity contribution is 8.00. The molecule has 0 aliphatic carbocycles. The highest BCUT2D eigenvalue weighted by Crippen LogP contribution is 2.26. The number of thioether (sulfide) groups is 1. The lowest BCUT2D eigenvalue weighted by atomic mass is 10.1. The fourth-order valence-electron chi connectivity index (χ4n) is 2.03. The summed E-state index contributed by atoms with van der Waals surface area (Å²) in [4.78, 5) is 13.9. The SMILES string of the molecule is CCC(=O)C(C)N1CC(C)SC(C)C1. The van der Waals surface area contributed by atoms with Crippen molar-refractivity contribution in [2.45, 2.75) is 50.7 Å². The number of hydrogen-bond donors (Lipinski definition) is 0. The molecule has 1 fully saturated rings. The third-order valence-corrected chi connectivity index (χ3v) is 4.04. The normalized spacial score (nSPS) is 31.4. The molecule has 82 valence electrons. The van der Waals surface area contributed by atoms with Crippen LogP contribution in [-0.2, 0) is 4.79 Å². The van der Waals surface area contributed by atoms with Crippen LogP contribution in [0.25, 0.3) is 0 Å². The largest absolute Gasteiger partial charge is 0.298 e. The summed E-state index contributed by atoms with van der Waals surface area (Å²) in [5, 5.41) is 1.32. The Hall–Kier alpha value is -0.0200. The van der Waals surface area contributed by atoms with Gasteiger partial charge in [-0.05, 0) is 6.92 Å². The van der Waals surface area contributed by atoms with Crippen LogP contribution in [0.4, 0.5) is 0 Å². The van der Waals surface area contributed by atoms with E-state index in [0.717, 1.165) is 13.1 Å². The summed E-state index contributed by atoms with van der Waals surface area (Å²) >= 11 is 2.03. The number of ketones is 1.